The van der Waals surface area contributed by atoms with Gasteiger partial charge < -0.3 is 9.26 Å². The number of carbonyl (C=O) groups is 1. The van der Waals surface area contributed by atoms with Crippen LogP contribution in [0.4, 0.5) is 4.39 Å². The van der Waals surface area contributed by atoms with Gasteiger partial charge in [0.1, 0.15) is 5.82 Å². The summed E-state index contributed by atoms with van der Waals surface area (Å²) in [6, 6.07) is 5.98. The summed E-state index contributed by atoms with van der Waals surface area (Å²) in [7, 11) is 0. The maximum atomic E-state index is 14.0. The number of esters is 1. The normalized spacial score (nSPS) is 12.1. The second kappa shape index (κ2) is 7.21. The Morgan fingerprint density at radius 1 is 1.48 bits per heavy atom. The Hall–Kier alpha value is -1.89. The highest BCUT2D eigenvalue weighted by molar-refractivity contribution is 7.97. The molecule has 0 aliphatic rings. The van der Waals surface area contributed by atoms with Crippen molar-refractivity contribution in [3.05, 3.63) is 47.4 Å². The molecule has 1 atom stereocenters. The number of thioether (sulfide) groups is 1. The highest BCUT2D eigenvalue weighted by Crippen LogP contribution is 2.27. The third-order valence-corrected chi connectivity index (χ3v) is 3.29. The van der Waals surface area contributed by atoms with Crippen LogP contribution in [-0.2, 0) is 15.3 Å². The van der Waals surface area contributed by atoms with E-state index in [4.69, 9.17) is 9.26 Å². The zero-order chi connectivity index (χ0) is 15.2. The molecule has 0 amide bonds. The molecule has 2 aromatic rings. The maximum Gasteiger partial charge on any atom is 0.323 e. The number of nitrogens with zero attached hydrogens (tertiary/aromatic N) is 2. The first-order valence-electron chi connectivity index (χ1n) is 6.39. The highest BCUT2D eigenvalue weighted by atomic mass is 32.2. The Morgan fingerprint density at radius 3 is 2.90 bits per heavy atom. The second-order valence-corrected chi connectivity index (χ2v) is 5.05. The van der Waals surface area contributed by atoms with Crippen LogP contribution in [-0.4, -0.2) is 29.0 Å². The van der Waals surface area contributed by atoms with Crippen LogP contribution in [0.15, 0.2) is 28.8 Å². The molecule has 1 unspecified atom stereocenters. The van der Waals surface area contributed by atoms with Crippen LogP contribution < -0.4 is 0 Å². The average molecular weight is 310 g/mol. The molecular weight excluding hydrogens is 295 g/mol. The van der Waals surface area contributed by atoms with Crippen LogP contribution in [0.25, 0.3) is 0 Å². The summed E-state index contributed by atoms with van der Waals surface area (Å²) in [4.78, 5) is 16.3. The minimum Gasteiger partial charge on any atom is -0.465 e. The quantitative estimate of drug-likeness (QED) is 0.764. The molecule has 2 rings (SSSR count). The van der Waals surface area contributed by atoms with Crippen molar-refractivity contribution >= 4 is 17.7 Å². The fraction of sp³-hybridized carbons (Fsp3) is 0.357. The smallest absolute Gasteiger partial charge is 0.323 e. The summed E-state index contributed by atoms with van der Waals surface area (Å²) in [6.45, 7) is 1.87. The predicted molar refractivity (Wildman–Crippen MR) is 76.4 cm³/mol. The molecule has 0 fully saturated rings. The summed E-state index contributed by atoms with van der Waals surface area (Å²) in [5, 5.41) is 3.79. The molecule has 0 radical (unpaired) electrons. The van der Waals surface area contributed by atoms with Crippen LogP contribution in [0, 0.1) is 5.82 Å². The fourth-order valence-electron chi connectivity index (χ4n) is 1.87. The minimum absolute atomic E-state index is 0.0441. The molecule has 1 aromatic heterocycles. The molecular formula is C14H15FN2O3S. The van der Waals surface area contributed by atoms with E-state index < -0.39 is 17.7 Å². The second-order valence-electron chi connectivity index (χ2n) is 4.19. The van der Waals surface area contributed by atoms with Crippen LogP contribution in [0.5, 0.6) is 0 Å². The van der Waals surface area contributed by atoms with E-state index in [-0.39, 0.29) is 18.1 Å². The zero-order valence-corrected chi connectivity index (χ0v) is 12.5. The topological polar surface area (TPSA) is 65.2 Å². The van der Waals surface area contributed by atoms with Crippen molar-refractivity contribution in [1.82, 2.24) is 10.1 Å². The first-order chi connectivity index (χ1) is 10.2. The van der Waals surface area contributed by atoms with E-state index in [1.807, 2.05) is 6.26 Å². The molecule has 0 bridgehead atoms. The Kier molecular flexibility index (Phi) is 5.32. The lowest BCUT2D eigenvalue weighted by Crippen LogP contribution is -2.19. The molecule has 1 aromatic carbocycles. The molecule has 1 heterocycles. The van der Waals surface area contributed by atoms with Gasteiger partial charge in [-0.25, -0.2) is 4.39 Å². The van der Waals surface area contributed by atoms with Crippen molar-refractivity contribution in [3.8, 4) is 0 Å². The van der Waals surface area contributed by atoms with Crippen LogP contribution in [0.1, 0.15) is 30.1 Å². The summed E-state index contributed by atoms with van der Waals surface area (Å²) in [5.41, 5.74) is 0.162. The predicted octanol–water partition coefficient (Wildman–Crippen LogP) is 2.77. The van der Waals surface area contributed by atoms with E-state index >= 15 is 0 Å². The third kappa shape index (κ3) is 3.60. The van der Waals surface area contributed by atoms with Gasteiger partial charge in [-0.15, -0.1) is 0 Å². The molecule has 0 saturated carbocycles. The molecule has 0 N–H and O–H groups in total. The van der Waals surface area contributed by atoms with E-state index in [0.717, 1.165) is 0 Å². The molecule has 21 heavy (non-hydrogen) atoms. The van der Waals surface area contributed by atoms with Crippen molar-refractivity contribution in [2.24, 2.45) is 0 Å². The van der Waals surface area contributed by atoms with Gasteiger partial charge in [0.05, 0.1) is 12.4 Å². The lowest BCUT2D eigenvalue weighted by molar-refractivity contribution is -0.144. The van der Waals surface area contributed by atoms with Crippen molar-refractivity contribution in [1.29, 1.82) is 0 Å². The first-order valence-corrected chi connectivity index (χ1v) is 7.79. The summed E-state index contributed by atoms with van der Waals surface area (Å²) < 4.78 is 24.1. The lowest BCUT2D eigenvalue weighted by Gasteiger charge is -2.12. The Labute approximate surface area is 125 Å². The first kappa shape index (κ1) is 15.5. The van der Waals surface area contributed by atoms with Crippen LogP contribution >= 0.6 is 11.8 Å². The van der Waals surface area contributed by atoms with Crippen molar-refractivity contribution in [3.63, 3.8) is 0 Å². The molecule has 0 aliphatic heterocycles. The molecule has 7 heteroatoms. The van der Waals surface area contributed by atoms with E-state index in [0.29, 0.717) is 11.6 Å². The van der Waals surface area contributed by atoms with Gasteiger partial charge in [-0.05, 0) is 19.2 Å². The molecule has 5 nitrogen and oxygen atoms in total. The number of halogens is 1. The van der Waals surface area contributed by atoms with Gasteiger partial charge in [-0.1, -0.05) is 23.4 Å². The molecule has 112 valence electrons. The number of aromatic nitrogens is 2. The van der Waals surface area contributed by atoms with Crippen molar-refractivity contribution in [2.75, 3.05) is 12.9 Å². The summed E-state index contributed by atoms with van der Waals surface area (Å²) in [6.07, 6.45) is 1.90. The van der Waals surface area contributed by atoms with E-state index in [1.165, 1.54) is 23.9 Å². The van der Waals surface area contributed by atoms with E-state index in [1.54, 1.807) is 19.1 Å². The molecule has 0 aliphatic carbocycles. The maximum absolute atomic E-state index is 14.0. The Balaban J connectivity index is 2.40. The zero-order valence-electron chi connectivity index (χ0n) is 11.7. The Morgan fingerprint density at radius 2 is 2.24 bits per heavy atom. The van der Waals surface area contributed by atoms with Gasteiger partial charge in [-0.3, -0.25) is 4.79 Å². The summed E-state index contributed by atoms with van der Waals surface area (Å²) in [5.74, 6) is -1.11. The van der Waals surface area contributed by atoms with Crippen LogP contribution in [0.2, 0.25) is 0 Å². The molecule has 0 spiro atoms. The highest BCUT2D eigenvalue weighted by Gasteiger charge is 2.32. The number of benzene rings is 1. The number of hydrogen-bond acceptors (Lipinski definition) is 6. The lowest BCUT2D eigenvalue weighted by atomic mass is 9.98. The van der Waals surface area contributed by atoms with E-state index in [2.05, 4.69) is 10.1 Å². The van der Waals surface area contributed by atoms with Gasteiger partial charge in [0.15, 0.2) is 11.7 Å². The monoisotopic (exact) mass is 310 g/mol. The third-order valence-electron chi connectivity index (χ3n) is 2.74. The minimum atomic E-state index is -1.05. The standard InChI is InChI=1S/C14H15FN2O3S/c1-3-19-14(18)12(9-6-4-5-7-10(9)15)13-16-11(8-21-2)17-20-13/h4-7,12H,3,8H2,1-2H3. The number of hydrogen-bond donors (Lipinski definition) is 0. The van der Waals surface area contributed by atoms with Gasteiger partial charge in [0.25, 0.3) is 0 Å². The van der Waals surface area contributed by atoms with Gasteiger partial charge in [-0.2, -0.15) is 16.7 Å². The largest absolute Gasteiger partial charge is 0.465 e. The van der Waals surface area contributed by atoms with Gasteiger partial charge >= 0.3 is 5.97 Å². The SMILES string of the molecule is CCOC(=O)C(c1nc(CSC)no1)c1ccccc1F. The van der Waals surface area contributed by atoms with Crippen molar-refractivity contribution in [2.45, 2.75) is 18.6 Å². The van der Waals surface area contributed by atoms with Crippen LogP contribution in [0.3, 0.4) is 0 Å². The van der Waals surface area contributed by atoms with Crippen molar-refractivity contribution < 1.29 is 18.4 Å². The number of carbonyl (C=O) groups excluding carboxylic acids is 1. The molecule has 0 saturated heterocycles. The average Bonchev–Trinajstić information content (AvgIpc) is 2.90. The van der Waals surface area contributed by atoms with E-state index in [9.17, 15) is 9.18 Å². The fourth-order valence-corrected chi connectivity index (χ4v) is 2.24. The number of rotatable bonds is 6. The van der Waals surface area contributed by atoms with Gasteiger partial charge in [0.2, 0.25) is 5.89 Å². The summed E-state index contributed by atoms with van der Waals surface area (Å²) >= 11 is 1.52. The Bertz CT molecular complexity index is 618. The van der Waals surface area contributed by atoms with Gasteiger partial charge in [0, 0.05) is 5.56 Å². The number of ether oxygens (including phenoxy) is 1.